The molecule has 0 saturated carbocycles. The van der Waals surface area contributed by atoms with Gasteiger partial charge in [0.2, 0.25) is 5.91 Å². The van der Waals surface area contributed by atoms with Gasteiger partial charge in [0.25, 0.3) is 0 Å². The summed E-state index contributed by atoms with van der Waals surface area (Å²) in [6.07, 6.45) is 0. The van der Waals surface area contributed by atoms with E-state index < -0.39 is 34.6 Å². The Morgan fingerprint density at radius 3 is 1.96 bits per heavy atom. The van der Waals surface area contributed by atoms with Crippen molar-refractivity contribution >= 4 is 33.2 Å². The quantitative estimate of drug-likeness (QED) is 0.440. The zero-order valence-electron chi connectivity index (χ0n) is 12.0. The number of nitrogens with zero attached hydrogens (tertiary/aromatic N) is 2. The Morgan fingerprint density at radius 1 is 0.958 bits per heavy atom. The Kier molecular flexibility index (Phi) is 6.02. The first-order valence-corrected chi connectivity index (χ1v) is 7.71. The molecule has 0 saturated heterocycles. The summed E-state index contributed by atoms with van der Waals surface area (Å²) in [4.78, 5) is 11.1. The van der Waals surface area contributed by atoms with Crippen LogP contribution in [-0.2, 0) is 11.3 Å². The van der Waals surface area contributed by atoms with Crippen LogP contribution in [0.15, 0.2) is 40.6 Å². The number of carbonyl (C=O) groups excluding carboxylic acids is 1. The molecule has 0 heterocycles. The number of rotatable bonds is 5. The van der Waals surface area contributed by atoms with Crippen molar-refractivity contribution < 1.29 is 22.4 Å². The van der Waals surface area contributed by atoms with Gasteiger partial charge in [0, 0.05) is 6.54 Å². The minimum Gasteiger partial charge on any atom is -0.351 e. The normalized spacial score (nSPS) is 11.0. The van der Waals surface area contributed by atoms with Gasteiger partial charge in [0.1, 0.15) is 0 Å². The average Bonchev–Trinajstić information content (AvgIpc) is 2.54. The van der Waals surface area contributed by atoms with Crippen molar-refractivity contribution in [2.45, 2.75) is 6.54 Å². The molecule has 0 bridgehead atoms. The number of carbonyl (C=O) groups is 1. The second-order valence-electron chi connectivity index (χ2n) is 4.59. The first-order valence-electron chi connectivity index (χ1n) is 6.58. The summed E-state index contributed by atoms with van der Waals surface area (Å²) in [6.45, 7) is -0.0857. The second-order valence-corrected chi connectivity index (χ2v) is 5.15. The third kappa shape index (κ3) is 4.38. The summed E-state index contributed by atoms with van der Waals surface area (Å²) in [6, 6.07) is 4.91. The molecule has 0 aliphatic heterocycles. The van der Waals surface area contributed by atoms with Crippen molar-refractivity contribution in [3.63, 3.8) is 0 Å². The van der Waals surface area contributed by atoms with E-state index in [1.165, 1.54) is 0 Å². The molecule has 0 unspecified atom stereocenters. The van der Waals surface area contributed by atoms with Crippen LogP contribution in [0.2, 0.25) is 0 Å². The van der Waals surface area contributed by atoms with Crippen molar-refractivity contribution in [3.05, 3.63) is 59.2 Å². The van der Waals surface area contributed by atoms with E-state index in [0.29, 0.717) is 0 Å². The van der Waals surface area contributed by atoms with E-state index in [0.717, 1.165) is 30.3 Å². The number of hydrogen-bond donors (Lipinski definition) is 1. The maximum Gasteiger partial charge on any atom is 0.230 e. The summed E-state index contributed by atoms with van der Waals surface area (Å²) in [5, 5.41) is 8.96. The Morgan fingerprint density at radius 2 is 1.46 bits per heavy atom. The second kappa shape index (κ2) is 8.00. The molecule has 24 heavy (non-hydrogen) atoms. The van der Waals surface area contributed by atoms with Crippen LogP contribution in [0, 0.1) is 23.3 Å². The first kappa shape index (κ1) is 18.1. The van der Waals surface area contributed by atoms with Crippen LogP contribution in [0.5, 0.6) is 0 Å². The van der Waals surface area contributed by atoms with Crippen molar-refractivity contribution in [1.82, 2.24) is 5.32 Å². The fourth-order valence-corrected chi connectivity index (χ4v) is 1.95. The van der Waals surface area contributed by atoms with Crippen LogP contribution in [0.25, 0.3) is 0 Å². The zero-order valence-corrected chi connectivity index (χ0v) is 13.6. The molecule has 9 heteroatoms. The van der Waals surface area contributed by atoms with Crippen LogP contribution in [0.1, 0.15) is 5.56 Å². The highest BCUT2D eigenvalue weighted by Gasteiger charge is 2.13. The van der Waals surface area contributed by atoms with E-state index in [1.807, 2.05) is 0 Å². The summed E-state index contributed by atoms with van der Waals surface area (Å²) in [5.74, 6) is -4.51. The number of alkyl halides is 1. The SMILES string of the molecule is O=C(CBr)NCc1cc(F)c(N=Nc2c(F)cccc2F)c(F)c1. The molecule has 0 radical (unpaired) electrons. The summed E-state index contributed by atoms with van der Waals surface area (Å²) >= 11 is 2.93. The number of nitrogens with one attached hydrogen (secondary N) is 1. The molecular formula is C15H10BrF4N3O. The average molecular weight is 404 g/mol. The topological polar surface area (TPSA) is 53.8 Å². The molecule has 0 atom stereocenters. The molecule has 0 aliphatic carbocycles. The molecule has 2 rings (SSSR count). The summed E-state index contributed by atoms with van der Waals surface area (Å²) < 4.78 is 54.6. The van der Waals surface area contributed by atoms with E-state index in [-0.39, 0.29) is 23.3 Å². The van der Waals surface area contributed by atoms with Gasteiger partial charge in [-0.3, -0.25) is 4.79 Å². The maximum absolute atomic E-state index is 13.9. The van der Waals surface area contributed by atoms with Gasteiger partial charge >= 0.3 is 0 Å². The van der Waals surface area contributed by atoms with Gasteiger partial charge in [-0.05, 0) is 29.8 Å². The van der Waals surface area contributed by atoms with Gasteiger partial charge < -0.3 is 5.32 Å². The molecule has 0 aromatic heterocycles. The van der Waals surface area contributed by atoms with Crippen LogP contribution >= 0.6 is 15.9 Å². The van der Waals surface area contributed by atoms with E-state index >= 15 is 0 Å². The molecule has 2 aromatic rings. The molecule has 0 fully saturated rings. The van der Waals surface area contributed by atoms with Crippen molar-refractivity contribution in [3.8, 4) is 0 Å². The Balaban J connectivity index is 2.25. The number of azo groups is 1. The van der Waals surface area contributed by atoms with Crippen molar-refractivity contribution in [2.24, 2.45) is 10.2 Å². The third-order valence-corrected chi connectivity index (χ3v) is 3.38. The lowest BCUT2D eigenvalue weighted by atomic mass is 10.2. The minimum atomic E-state index is -1.07. The molecular weight excluding hydrogens is 394 g/mol. The minimum absolute atomic E-state index is 0.0540. The monoisotopic (exact) mass is 403 g/mol. The maximum atomic E-state index is 13.9. The zero-order chi connectivity index (χ0) is 17.7. The molecule has 0 aliphatic rings. The van der Waals surface area contributed by atoms with Crippen LogP contribution in [0.4, 0.5) is 28.9 Å². The summed E-state index contributed by atoms with van der Waals surface area (Å²) in [5.41, 5.74) is -1.37. The smallest absolute Gasteiger partial charge is 0.230 e. The van der Waals surface area contributed by atoms with Gasteiger partial charge in [-0.1, -0.05) is 22.0 Å². The van der Waals surface area contributed by atoms with Crippen LogP contribution < -0.4 is 5.32 Å². The van der Waals surface area contributed by atoms with E-state index in [9.17, 15) is 22.4 Å². The highest BCUT2D eigenvalue weighted by molar-refractivity contribution is 9.09. The largest absolute Gasteiger partial charge is 0.351 e. The molecule has 0 spiro atoms. The van der Waals surface area contributed by atoms with Gasteiger partial charge in [0.05, 0.1) is 5.33 Å². The fourth-order valence-electron chi connectivity index (χ4n) is 1.75. The fraction of sp³-hybridized carbons (Fsp3) is 0.133. The van der Waals surface area contributed by atoms with E-state index in [1.54, 1.807) is 0 Å². The molecule has 4 nitrogen and oxygen atoms in total. The lowest BCUT2D eigenvalue weighted by Crippen LogP contribution is -2.23. The predicted octanol–water partition coefficient (Wildman–Crippen LogP) is 4.67. The van der Waals surface area contributed by atoms with E-state index in [2.05, 4.69) is 31.5 Å². The number of amides is 1. The molecule has 1 N–H and O–H groups in total. The van der Waals surface area contributed by atoms with Gasteiger partial charge in [0.15, 0.2) is 34.6 Å². The highest BCUT2D eigenvalue weighted by Crippen LogP contribution is 2.28. The number of benzene rings is 2. The third-order valence-electron chi connectivity index (χ3n) is 2.88. The lowest BCUT2D eigenvalue weighted by Gasteiger charge is -2.06. The number of halogens is 5. The van der Waals surface area contributed by atoms with Gasteiger partial charge in [-0.15, -0.1) is 10.2 Å². The summed E-state index contributed by atoms with van der Waals surface area (Å²) in [7, 11) is 0. The Hall–Kier alpha value is -2.29. The lowest BCUT2D eigenvalue weighted by molar-refractivity contribution is -0.118. The molecule has 1 amide bonds. The van der Waals surface area contributed by atoms with E-state index in [4.69, 9.17) is 0 Å². The predicted molar refractivity (Wildman–Crippen MR) is 82.5 cm³/mol. The first-order chi connectivity index (χ1) is 11.4. The van der Waals surface area contributed by atoms with Gasteiger partial charge in [-0.2, -0.15) is 0 Å². The Bertz CT molecular complexity index is 755. The van der Waals surface area contributed by atoms with Gasteiger partial charge in [-0.25, -0.2) is 17.6 Å². The number of hydrogen-bond acceptors (Lipinski definition) is 3. The highest BCUT2D eigenvalue weighted by atomic mass is 79.9. The van der Waals surface area contributed by atoms with Crippen molar-refractivity contribution in [2.75, 3.05) is 5.33 Å². The molecule has 126 valence electrons. The van der Waals surface area contributed by atoms with Crippen LogP contribution in [0.3, 0.4) is 0 Å². The van der Waals surface area contributed by atoms with Crippen molar-refractivity contribution in [1.29, 1.82) is 0 Å². The standard InChI is InChI=1S/C15H10BrF4N3O/c16-6-13(24)21-7-8-4-11(19)15(12(20)5-8)23-22-14-9(17)2-1-3-10(14)18/h1-5H,6-7H2,(H,21,24). The van der Waals surface area contributed by atoms with Crippen LogP contribution in [-0.4, -0.2) is 11.2 Å². The Labute approximate surface area is 142 Å². The molecule has 2 aromatic carbocycles.